The maximum Gasteiger partial charge on any atom is 0.264 e. The highest BCUT2D eigenvalue weighted by Crippen LogP contribution is 2.44. The molecular formula is C24H28BrNO3. The van der Waals surface area contributed by atoms with Gasteiger partial charge in [0.05, 0.1) is 12.1 Å². The third-order valence-corrected chi connectivity index (χ3v) is 6.20. The van der Waals surface area contributed by atoms with Crippen LogP contribution in [0.3, 0.4) is 0 Å². The van der Waals surface area contributed by atoms with Crippen LogP contribution in [0.1, 0.15) is 66.7 Å². The molecule has 3 rings (SSSR count). The molecule has 2 aromatic carbocycles. The lowest BCUT2D eigenvalue weighted by molar-refractivity contribution is -0.135. The number of ketones is 1. The number of nitrogens with zero attached hydrogens (tertiary/aromatic N) is 1. The van der Waals surface area contributed by atoms with Gasteiger partial charge in [-0.1, -0.05) is 48.8 Å². The van der Waals surface area contributed by atoms with Crippen molar-refractivity contribution in [2.45, 2.75) is 59.0 Å². The Kier molecular flexibility index (Phi) is 5.52. The highest BCUT2D eigenvalue weighted by molar-refractivity contribution is 9.10. The van der Waals surface area contributed by atoms with Crippen molar-refractivity contribution in [1.29, 1.82) is 0 Å². The second-order valence-electron chi connectivity index (χ2n) is 8.91. The molecule has 154 valence electrons. The van der Waals surface area contributed by atoms with Crippen LogP contribution in [0.4, 0.5) is 5.69 Å². The largest absolute Gasteiger partial charge is 0.375 e. The van der Waals surface area contributed by atoms with Crippen LogP contribution in [0.15, 0.2) is 34.8 Å². The molecule has 1 aliphatic rings. The molecule has 1 heterocycles. The predicted molar refractivity (Wildman–Crippen MR) is 120 cm³/mol. The molecule has 0 fully saturated rings. The van der Waals surface area contributed by atoms with Gasteiger partial charge in [-0.25, -0.2) is 0 Å². The molecule has 1 aliphatic heterocycles. The van der Waals surface area contributed by atoms with Gasteiger partial charge in [-0.15, -0.1) is 0 Å². The molecule has 0 aromatic heterocycles. The Morgan fingerprint density at radius 3 is 2.24 bits per heavy atom. The van der Waals surface area contributed by atoms with Crippen molar-refractivity contribution in [3.8, 4) is 0 Å². The number of aryl methyl sites for hydroxylation is 2. The minimum atomic E-state index is -1.85. The molecule has 5 heteroatoms. The number of likely N-dealkylation sites (N-methyl/N-ethyl adjacent to an activating group) is 1. The number of halogens is 1. The van der Waals surface area contributed by atoms with Gasteiger partial charge >= 0.3 is 0 Å². The summed E-state index contributed by atoms with van der Waals surface area (Å²) in [7, 11) is 0. The molecule has 1 atom stereocenters. The van der Waals surface area contributed by atoms with Crippen molar-refractivity contribution in [1.82, 2.24) is 0 Å². The van der Waals surface area contributed by atoms with Gasteiger partial charge in [0.25, 0.3) is 5.91 Å². The Morgan fingerprint density at radius 1 is 1.14 bits per heavy atom. The molecule has 0 radical (unpaired) electrons. The number of hydrogen-bond donors (Lipinski definition) is 1. The van der Waals surface area contributed by atoms with Gasteiger partial charge in [-0.05, 0) is 61.1 Å². The number of rotatable bonds is 4. The summed E-state index contributed by atoms with van der Waals surface area (Å²) in [6.45, 7) is 12.5. The topological polar surface area (TPSA) is 57.6 Å². The average Bonchev–Trinajstić information content (AvgIpc) is 2.80. The monoisotopic (exact) mass is 457 g/mol. The van der Waals surface area contributed by atoms with Gasteiger partial charge < -0.3 is 10.0 Å². The van der Waals surface area contributed by atoms with Gasteiger partial charge in [0.2, 0.25) is 0 Å². The number of amides is 1. The second-order valence-corrected chi connectivity index (χ2v) is 9.82. The summed E-state index contributed by atoms with van der Waals surface area (Å²) in [5, 5.41) is 11.4. The molecule has 1 amide bonds. The number of carbonyl (C=O) groups excluding carboxylic acids is 2. The van der Waals surface area contributed by atoms with E-state index < -0.39 is 11.5 Å². The number of anilines is 1. The Bertz CT molecular complexity index is 983. The van der Waals surface area contributed by atoms with E-state index in [0.717, 1.165) is 21.2 Å². The minimum Gasteiger partial charge on any atom is -0.375 e. The summed E-state index contributed by atoms with van der Waals surface area (Å²) in [6, 6.07) is 9.44. The molecule has 1 N–H and O–H groups in total. The summed E-state index contributed by atoms with van der Waals surface area (Å²) in [4.78, 5) is 27.9. The first-order valence-electron chi connectivity index (χ1n) is 9.89. The van der Waals surface area contributed by atoms with Gasteiger partial charge in [-0.3, -0.25) is 9.59 Å². The Balaban J connectivity index is 2.04. The summed E-state index contributed by atoms with van der Waals surface area (Å²) >= 11 is 3.41. The van der Waals surface area contributed by atoms with Crippen molar-refractivity contribution in [3.63, 3.8) is 0 Å². The number of aliphatic hydroxyl groups is 1. The van der Waals surface area contributed by atoms with Gasteiger partial charge in [0, 0.05) is 22.1 Å². The highest BCUT2D eigenvalue weighted by atomic mass is 79.9. The van der Waals surface area contributed by atoms with Gasteiger partial charge in [0.1, 0.15) is 0 Å². The van der Waals surface area contributed by atoms with E-state index in [9.17, 15) is 14.7 Å². The zero-order valence-electron chi connectivity index (χ0n) is 17.9. The third-order valence-electron chi connectivity index (χ3n) is 5.70. The number of hydrogen-bond acceptors (Lipinski definition) is 3. The van der Waals surface area contributed by atoms with Crippen LogP contribution in [-0.4, -0.2) is 23.3 Å². The number of Topliss-reactive ketones (excluding diaryl/α,β-unsaturated/α-hetero) is 1. The zero-order chi connectivity index (χ0) is 21.7. The van der Waals surface area contributed by atoms with Crippen molar-refractivity contribution in [2.24, 2.45) is 0 Å². The summed E-state index contributed by atoms with van der Waals surface area (Å²) in [5.74, 6) is -0.664. The average molecular weight is 458 g/mol. The molecule has 4 nitrogen and oxygen atoms in total. The lowest BCUT2D eigenvalue weighted by Crippen LogP contribution is -2.41. The predicted octanol–water partition coefficient (Wildman–Crippen LogP) is 5.19. The Hall–Kier alpha value is -1.98. The smallest absolute Gasteiger partial charge is 0.264 e. The fourth-order valence-corrected chi connectivity index (χ4v) is 4.53. The van der Waals surface area contributed by atoms with Crippen LogP contribution in [0.5, 0.6) is 0 Å². The van der Waals surface area contributed by atoms with Gasteiger partial charge in [-0.2, -0.15) is 0 Å². The first kappa shape index (κ1) is 21.7. The van der Waals surface area contributed by atoms with Crippen LogP contribution in [0.2, 0.25) is 0 Å². The minimum absolute atomic E-state index is 0.0242. The number of fused-ring (bicyclic) bond motifs is 1. The van der Waals surface area contributed by atoms with Crippen LogP contribution < -0.4 is 4.90 Å². The van der Waals surface area contributed by atoms with E-state index in [0.29, 0.717) is 23.4 Å². The number of benzene rings is 2. The SMILES string of the molecule is CCN1C(=O)C(O)(CC(=O)c2c(C)cc(C(C)(C)C)cc2C)c2cc(Br)ccc21. The molecule has 0 aliphatic carbocycles. The second kappa shape index (κ2) is 7.37. The lowest BCUT2D eigenvalue weighted by atomic mass is 9.81. The molecule has 0 bridgehead atoms. The van der Waals surface area contributed by atoms with E-state index in [1.54, 1.807) is 12.1 Å². The third kappa shape index (κ3) is 3.66. The maximum absolute atomic E-state index is 13.3. The van der Waals surface area contributed by atoms with E-state index in [1.807, 2.05) is 39.0 Å². The normalized spacial score (nSPS) is 18.9. The fraction of sp³-hybridized carbons (Fsp3) is 0.417. The molecular weight excluding hydrogens is 430 g/mol. The molecule has 0 saturated carbocycles. The summed E-state index contributed by atoms with van der Waals surface area (Å²) in [5.41, 5.74) is 2.75. The van der Waals surface area contributed by atoms with Crippen LogP contribution in [-0.2, 0) is 15.8 Å². The summed E-state index contributed by atoms with van der Waals surface area (Å²) < 4.78 is 0.759. The van der Waals surface area contributed by atoms with E-state index in [1.165, 1.54) is 4.90 Å². The lowest BCUT2D eigenvalue weighted by Gasteiger charge is -2.25. The molecule has 2 aromatic rings. The maximum atomic E-state index is 13.3. The van der Waals surface area contributed by atoms with E-state index in [4.69, 9.17) is 0 Å². The van der Waals surface area contributed by atoms with E-state index >= 15 is 0 Å². The Morgan fingerprint density at radius 2 is 1.72 bits per heavy atom. The van der Waals surface area contributed by atoms with Gasteiger partial charge in [0.15, 0.2) is 11.4 Å². The van der Waals surface area contributed by atoms with Crippen LogP contribution in [0.25, 0.3) is 0 Å². The van der Waals surface area contributed by atoms with E-state index in [2.05, 4.69) is 36.7 Å². The molecule has 0 saturated heterocycles. The first-order chi connectivity index (χ1) is 13.4. The highest BCUT2D eigenvalue weighted by Gasteiger charge is 2.50. The summed E-state index contributed by atoms with van der Waals surface area (Å²) in [6.07, 6.45) is -0.275. The van der Waals surface area contributed by atoms with Crippen molar-refractivity contribution in [3.05, 3.63) is 62.6 Å². The van der Waals surface area contributed by atoms with Crippen molar-refractivity contribution >= 4 is 33.3 Å². The molecule has 0 spiro atoms. The van der Waals surface area contributed by atoms with Crippen LogP contribution >= 0.6 is 15.9 Å². The van der Waals surface area contributed by atoms with E-state index in [-0.39, 0.29) is 17.6 Å². The van der Waals surface area contributed by atoms with Crippen molar-refractivity contribution < 1.29 is 14.7 Å². The molecule has 29 heavy (non-hydrogen) atoms. The van der Waals surface area contributed by atoms with Crippen molar-refractivity contribution in [2.75, 3.05) is 11.4 Å². The number of carbonyl (C=O) groups is 2. The first-order valence-corrected chi connectivity index (χ1v) is 10.7. The van der Waals surface area contributed by atoms with Crippen LogP contribution in [0, 0.1) is 13.8 Å². The fourth-order valence-electron chi connectivity index (χ4n) is 4.16. The molecule has 1 unspecified atom stereocenters. The zero-order valence-corrected chi connectivity index (χ0v) is 19.5. The Labute approximate surface area is 181 Å². The quantitative estimate of drug-likeness (QED) is 0.642. The standard InChI is InChI=1S/C24H28BrNO3/c1-7-26-19-9-8-17(25)12-18(19)24(29,22(26)28)13-20(27)21-14(2)10-16(11-15(21)3)23(4,5)6/h8-12,29H,7,13H2,1-6H3.